The molecule has 0 radical (unpaired) electrons. The number of benzene rings is 3. The van der Waals surface area contributed by atoms with Gasteiger partial charge in [0.25, 0.3) is 11.8 Å². The molecule has 1 saturated heterocycles. The number of carbonyl (C=O) groups excluding carboxylic acids is 2. The lowest BCUT2D eigenvalue weighted by Gasteiger charge is -2.36. The van der Waals surface area contributed by atoms with E-state index in [1.165, 1.54) is 7.11 Å². The van der Waals surface area contributed by atoms with Crippen LogP contribution >= 0.6 is 0 Å². The van der Waals surface area contributed by atoms with Crippen LogP contribution in [0.2, 0.25) is 0 Å². The smallest absolute Gasteiger partial charge is 0.291 e. The van der Waals surface area contributed by atoms with Gasteiger partial charge >= 0.3 is 0 Å². The number of furan rings is 1. The molecule has 4 aromatic rings. The SMILES string of the molecule is COc1ccccc1C(=O)Nc1c(C(=O)N2CCN(c3ccccc3OC)CC2)oc2ccccc12. The van der Waals surface area contributed by atoms with E-state index in [1.807, 2.05) is 42.5 Å². The number of hydrogen-bond acceptors (Lipinski definition) is 6. The van der Waals surface area contributed by atoms with E-state index in [9.17, 15) is 9.59 Å². The molecule has 8 heteroatoms. The third-order valence-corrected chi connectivity index (χ3v) is 6.37. The summed E-state index contributed by atoms with van der Waals surface area (Å²) in [5, 5.41) is 3.57. The number of para-hydroxylation sites is 4. The van der Waals surface area contributed by atoms with E-state index in [-0.39, 0.29) is 17.6 Å². The van der Waals surface area contributed by atoms with Gasteiger partial charge in [-0.3, -0.25) is 9.59 Å². The van der Waals surface area contributed by atoms with Gasteiger partial charge in [0, 0.05) is 31.6 Å². The van der Waals surface area contributed by atoms with Gasteiger partial charge in [0.15, 0.2) is 0 Å². The molecule has 1 aliphatic rings. The lowest BCUT2D eigenvalue weighted by molar-refractivity contribution is 0.0718. The number of anilines is 2. The van der Waals surface area contributed by atoms with Crippen molar-refractivity contribution in [3.63, 3.8) is 0 Å². The highest BCUT2D eigenvalue weighted by Crippen LogP contribution is 2.34. The Morgan fingerprint density at radius 3 is 2.19 bits per heavy atom. The predicted molar refractivity (Wildman–Crippen MR) is 138 cm³/mol. The first kappa shape index (κ1) is 23.3. The van der Waals surface area contributed by atoms with Crippen molar-refractivity contribution < 1.29 is 23.5 Å². The minimum absolute atomic E-state index is 0.116. The monoisotopic (exact) mass is 485 g/mol. The van der Waals surface area contributed by atoms with Crippen molar-refractivity contribution in [3.05, 3.63) is 84.1 Å². The second-order valence-corrected chi connectivity index (χ2v) is 8.41. The highest BCUT2D eigenvalue weighted by molar-refractivity contribution is 6.15. The van der Waals surface area contributed by atoms with E-state index in [1.54, 1.807) is 42.3 Å². The molecule has 2 heterocycles. The molecule has 0 aliphatic carbocycles. The average Bonchev–Trinajstić information content (AvgIpc) is 3.30. The lowest BCUT2D eigenvalue weighted by Crippen LogP contribution is -2.49. The van der Waals surface area contributed by atoms with Crippen molar-refractivity contribution in [3.8, 4) is 11.5 Å². The lowest BCUT2D eigenvalue weighted by atomic mass is 10.1. The average molecular weight is 486 g/mol. The molecule has 1 N–H and O–H groups in total. The maximum Gasteiger partial charge on any atom is 0.291 e. The molecule has 0 unspecified atom stereocenters. The van der Waals surface area contributed by atoms with E-state index in [4.69, 9.17) is 13.9 Å². The van der Waals surface area contributed by atoms with Crippen LogP contribution in [0.5, 0.6) is 11.5 Å². The molecule has 0 bridgehead atoms. The second-order valence-electron chi connectivity index (χ2n) is 8.41. The first-order chi connectivity index (χ1) is 17.6. The number of nitrogens with zero attached hydrogens (tertiary/aromatic N) is 2. The van der Waals surface area contributed by atoms with Crippen LogP contribution < -0.4 is 19.7 Å². The van der Waals surface area contributed by atoms with Crippen LogP contribution in [0, 0.1) is 0 Å². The number of carbonyl (C=O) groups is 2. The first-order valence-corrected chi connectivity index (χ1v) is 11.7. The van der Waals surface area contributed by atoms with Crippen LogP contribution in [0.15, 0.2) is 77.2 Å². The molecule has 5 rings (SSSR count). The molecule has 36 heavy (non-hydrogen) atoms. The van der Waals surface area contributed by atoms with Gasteiger partial charge in [0.1, 0.15) is 22.8 Å². The van der Waals surface area contributed by atoms with Crippen molar-refractivity contribution in [1.82, 2.24) is 4.90 Å². The maximum atomic E-state index is 13.6. The molecule has 2 amide bonds. The van der Waals surface area contributed by atoms with E-state index in [0.29, 0.717) is 54.1 Å². The summed E-state index contributed by atoms with van der Waals surface area (Å²) in [7, 11) is 3.17. The molecule has 1 aromatic heterocycles. The molecule has 0 saturated carbocycles. The Bertz CT molecular complexity index is 1410. The van der Waals surface area contributed by atoms with Crippen LogP contribution in [-0.4, -0.2) is 57.1 Å². The van der Waals surface area contributed by atoms with Crippen molar-refractivity contribution in [1.29, 1.82) is 0 Å². The van der Waals surface area contributed by atoms with E-state index in [2.05, 4.69) is 10.2 Å². The fourth-order valence-electron chi connectivity index (χ4n) is 4.52. The van der Waals surface area contributed by atoms with Gasteiger partial charge in [-0.2, -0.15) is 0 Å². The summed E-state index contributed by atoms with van der Waals surface area (Å²) in [6.45, 7) is 2.31. The number of hydrogen-bond donors (Lipinski definition) is 1. The minimum Gasteiger partial charge on any atom is -0.496 e. The molecule has 0 spiro atoms. The molecule has 3 aromatic carbocycles. The van der Waals surface area contributed by atoms with E-state index >= 15 is 0 Å². The summed E-state index contributed by atoms with van der Waals surface area (Å²) in [6, 6.07) is 22.1. The van der Waals surface area contributed by atoms with Crippen molar-refractivity contribution in [2.75, 3.05) is 50.6 Å². The van der Waals surface area contributed by atoms with Crippen LogP contribution in [0.25, 0.3) is 11.0 Å². The van der Waals surface area contributed by atoms with Crippen LogP contribution in [0.4, 0.5) is 11.4 Å². The fourth-order valence-corrected chi connectivity index (χ4v) is 4.52. The number of amides is 2. The summed E-state index contributed by atoms with van der Waals surface area (Å²) < 4.78 is 16.8. The van der Waals surface area contributed by atoms with Crippen molar-refractivity contribution in [2.24, 2.45) is 0 Å². The minimum atomic E-state index is -0.381. The number of piperazine rings is 1. The van der Waals surface area contributed by atoms with Gasteiger partial charge in [-0.1, -0.05) is 36.4 Å². The fraction of sp³-hybridized carbons (Fsp3) is 0.214. The Morgan fingerprint density at radius 1 is 0.806 bits per heavy atom. The first-order valence-electron chi connectivity index (χ1n) is 11.7. The standard InChI is InChI=1S/C28H27N3O5/c1-34-22-12-6-4-10-20(22)27(32)29-25-19-9-3-7-13-23(19)36-26(25)28(33)31-17-15-30(16-18-31)21-11-5-8-14-24(21)35-2/h3-14H,15-18H2,1-2H3,(H,29,32). The topological polar surface area (TPSA) is 84.2 Å². The zero-order valence-corrected chi connectivity index (χ0v) is 20.2. The van der Waals surface area contributed by atoms with Crippen molar-refractivity contribution >= 4 is 34.2 Å². The Morgan fingerprint density at radius 2 is 1.44 bits per heavy atom. The number of fused-ring (bicyclic) bond motifs is 1. The Labute approximate surface area is 209 Å². The van der Waals surface area contributed by atoms with E-state index in [0.717, 1.165) is 11.4 Å². The molecule has 1 aliphatic heterocycles. The largest absolute Gasteiger partial charge is 0.496 e. The normalized spacial score (nSPS) is 13.5. The Kier molecular flexibility index (Phi) is 6.49. The third-order valence-electron chi connectivity index (χ3n) is 6.37. The predicted octanol–water partition coefficient (Wildman–Crippen LogP) is 4.66. The van der Waals surface area contributed by atoms with Gasteiger partial charge in [0.2, 0.25) is 5.76 Å². The Hall–Kier alpha value is -4.46. The quantitative estimate of drug-likeness (QED) is 0.428. The zero-order valence-electron chi connectivity index (χ0n) is 20.2. The number of rotatable bonds is 6. The molecule has 184 valence electrons. The van der Waals surface area contributed by atoms with Gasteiger partial charge in [-0.25, -0.2) is 0 Å². The Balaban J connectivity index is 1.40. The highest BCUT2D eigenvalue weighted by atomic mass is 16.5. The summed E-state index contributed by atoms with van der Waals surface area (Å²) in [6.07, 6.45) is 0. The van der Waals surface area contributed by atoms with Gasteiger partial charge in [-0.05, 0) is 36.4 Å². The van der Waals surface area contributed by atoms with Crippen LogP contribution in [-0.2, 0) is 0 Å². The molecular weight excluding hydrogens is 458 g/mol. The van der Waals surface area contributed by atoms with Crippen LogP contribution in [0.3, 0.4) is 0 Å². The number of nitrogens with one attached hydrogen (secondary N) is 1. The highest BCUT2D eigenvalue weighted by Gasteiger charge is 2.30. The zero-order chi connectivity index (χ0) is 25.1. The van der Waals surface area contributed by atoms with Crippen LogP contribution in [0.1, 0.15) is 20.9 Å². The summed E-state index contributed by atoms with van der Waals surface area (Å²) in [4.78, 5) is 30.7. The van der Waals surface area contributed by atoms with Gasteiger partial charge < -0.3 is 29.0 Å². The number of ether oxygens (including phenoxy) is 2. The van der Waals surface area contributed by atoms with Crippen molar-refractivity contribution in [2.45, 2.75) is 0 Å². The summed E-state index contributed by atoms with van der Waals surface area (Å²) in [5.41, 5.74) is 2.26. The number of methoxy groups -OCH3 is 2. The summed E-state index contributed by atoms with van der Waals surface area (Å²) in [5.74, 6) is 0.722. The molecule has 8 nitrogen and oxygen atoms in total. The molecular formula is C28H27N3O5. The maximum absolute atomic E-state index is 13.6. The second kappa shape index (κ2) is 10.0. The molecule has 1 fully saturated rings. The third kappa shape index (κ3) is 4.33. The summed E-state index contributed by atoms with van der Waals surface area (Å²) >= 11 is 0. The van der Waals surface area contributed by atoms with Gasteiger partial charge in [-0.15, -0.1) is 0 Å². The van der Waals surface area contributed by atoms with E-state index < -0.39 is 0 Å². The van der Waals surface area contributed by atoms with Gasteiger partial charge in [0.05, 0.1) is 25.5 Å². The molecule has 0 atom stereocenters.